The van der Waals surface area contributed by atoms with Crippen molar-refractivity contribution in [1.29, 1.82) is 0 Å². The molecule has 0 N–H and O–H groups in total. The Bertz CT molecular complexity index is 351. The number of benzene rings is 1. The summed E-state index contributed by atoms with van der Waals surface area (Å²) in [5, 5.41) is 0. The van der Waals surface area contributed by atoms with Crippen LogP contribution in [0.25, 0.3) is 0 Å². The van der Waals surface area contributed by atoms with Crippen molar-refractivity contribution in [3.63, 3.8) is 0 Å². The first-order valence-electron chi connectivity index (χ1n) is 3.17. The maximum absolute atomic E-state index is 13.0. The van der Waals surface area contributed by atoms with E-state index in [1.165, 1.54) is 0 Å². The minimum Gasteiger partial charge on any atom is -0.203 e. The van der Waals surface area contributed by atoms with Crippen LogP contribution in [0.1, 0.15) is 10.4 Å². The predicted octanol–water partition coefficient (Wildman–Crippen LogP) is 4.48. The van der Waals surface area contributed by atoms with E-state index in [9.17, 15) is 17.6 Å². The topological polar surface area (TPSA) is 0 Å². The highest BCUT2D eigenvalue weighted by molar-refractivity contribution is 9.10. The molecule has 0 heterocycles. The number of alkyl halides is 2. The first-order valence-corrected chi connectivity index (χ1v) is 4.84. The zero-order valence-corrected chi connectivity index (χ0v) is 9.32. The smallest absolute Gasteiger partial charge is 0.176 e. The zero-order chi connectivity index (χ0) is 11.0. The van der Waals surface area contributed by atoms with E-state index in [0.29, 0.717) is 0 Å². The van der Waals surface area contributed by atoms with Crippen LogP contribution < -0.4 is 0 Å². The van der Waals surface area contributed by atoms with Crippen molar-refractivity contribution in [2.24, 2.45) is 0 Å². The summed E-state index contributed by atoms with van der Waals surface area (Å²) in [5.74, 6) is -6.34. The van der Waals surface area contributed by atoms with Gasteiger partial charge in [-0.1, -0.05) is 23.2 Å². The molecule has 0 amide bonds. The molecule has 78 valence electrons. The lowest BCUT2D eigenvalue weighted by Crippen LogP contribution is -2.04. The monoisotopic (exact) mass is 310 g/mol. The van der Waals surface area contributed by atoms with E-state index in [2.05, 4.69) is 15.9 Å². The van der Waals surface area contributed by atoms with Gasteiger partial charge in [0.05, 0.1) is 10.0 Å². The third kappa shape index (κ3) is 1.85. The minimum absolute atomic E-state index is 0.926. The van der Waals surface area contributed by atoms with Crippen LogP contribution in [0.15, 0.2) is 4.47 Å². The third-order valence-corrected chi connectivity index (χ3v) is 2.59. The second-order valence-electron chi connectivity index (χ2n) is 2.28. The molecule has 0 aliphatic carbocycles. The van der Waals surface area contributed by atoms with Crippen molar-refractivity contribution in [2.75, 3.05) is 0 Å². The van der Waals surface area contributed by atoms with Gasteiger partial charge in [-0.15, -0.1) is 0 Å². The molecule has 1 aromatic carbocycles. The van der Waals surface area contributed by atoms with Crippen LogP contribution in [0.5, 0.6) is 0 Å². The summed E-state index contributed by atoms with van der Waals surface area (Å²) >= 11 is 12.6. The number of rotatable bonds is 1. The molecular weight excluding hydrogens is 311 g/mol. The zero-order valence-electron chi connectivity index (χ0n) is 6.22. The fourth-order valence-corrected chi connectivity index (χ4v) is 1.54. The van der Waals surface area contributed by atoms with Crippen molar-refractivity contribution in [2.45, 2.75) is 4.84 Å². The molecule has 0 fully saturated rings. The average Bonchev–Trinajstić information content (AvgIpc) is 2.11. The van der Waals surface area contributed by atoms with Crippen molar-refractivity contribution in [3.05, 3.63) is 33.3 Å². The van der Waals surface area contributed by atoms with Gasteiger partial charge in [0, 0.05) is 0 Å². The number of hydrogen-bond donors (Lipinski definition) is 0. The van der Waals surface area contributed by atoms with Gasteiger partial charge in [-0.25, -0.2) is 17.6 Å². The average molecular weight is 312 g/mol. The quantitative estimate of drug-likeness (QED) is 0.310. The molecule has 0 saturated heterocycles. The predicted molar refractivity (Wildman–Crippen MR) is 48.4 cm³/mol. The van der Waals surface area contributed by atoms with Crippen LogP contribution in [0, 0.1) is 23.3 Å². The third-order valence-electron chi connectivity index (χ3n) is 1.46. The maximum atomic E-state index is 13.0. The van der Waals surface area contributed by atoms with Crippen molar-refractivity contribution in [1.82, 2.24) is 0 Å². The lowest BCUT2D eigenvalue weighted by atomic mass is 10.2. The Kier molecular flexibility index (Phi) is 3.66. The summed E-state index contributed by atoms with van der Waals surface area (Å²) in [6, 6.07) is 0. The standard InChI is InChI=1S/C7HBrCl2F4/c8-2-5(13)3(11)1(7(9)10)4(12)6(2)14/h7H. The maximum Gasteiger partial charge on any atom is 0.176 e. The van der Waals surface area contributed by atoms with E-state index in [-0.39, 0.29) is 0 Å². The SMILES string of the molecule is Fc1c(F)c(C(Cl)Cl)c(F)c(F)c1Br. The van der Waals surface area contributed by atoms with Crippen LogP contribution >= 0.6 is 39.1 Å². The molecule has 0 radical (unpaired) electrons. The highest BCUT2D eigenvalue weighted by Gasteiger charge is 2.27. The summed E-state index contributed by atoms with van der Waals surface area (Å²) in [7, 11) is 0. The van der Waals surface area contributed by atoms with Crippen LogP contribution in [0.3, 0.4) is 0 Å². The number of halogens is 7. The van der Waals surface area contributed by atoms with Gasteiger partial charge in [0.15, 0.2) is 23.3 Å². The summed E-state index contributed by atoms with van der Waals surface area (Å²) < 4.78 is 50.7. The lowest BCUT2D eigenvalue weighted by Gasteiger charge is -2.08. The first-order chi connectivity index (χ1) is 6.37. The molecule has 1 aromatic rings. The normalized spacial score (nSPS) is 11.1. The van der Waals surface area contributed by atoms with Crippen LogP contribution in [0.4, 0.5) is 17.6 Å². The summed E-state index contributed by atoms with van der Waals surface area (Å²) in [6.07, 6.45) is 0. The Morgan fingerprint density at radius 1 is 0.857 bits per heavy atom. The molecule has 0 aliphatic heterocycles. The molecule has 0 aromatic heterocycles. The minimum atomic E-state index is -1.67. The van der Waals surface area contributed by atoms with Gasteiger partial charge in [-0.05, 0) is 15.9 Å². The summed E-state index contributed by atoms with van der Waals surface area (Å²) in [4.78, 5) is -1.67. The van der Waals surface area contributed by atoms with E-state index in [1.54, 1.807) is 0 Å². The molecule has 14 heavy (non-hydrogen) atoms. The molecule has 0 aliphatic rings. The van der Waals surface area contributed by atoms with Crippen LogP contribution in [-0.2, 0) is 0 Å². The van der Waals surface area contributed by atoms with Gasteiger partial charge in [0.25, 0.3) is 0 Å². The number of hydrogen-bond acceptors (Lipinski definition) is 0. The van der Waals surface area contributed by atoms with Crippen molar-refractivity contribution >= 4 is 39.1 Å². The molecule has 0 spiro atoms. The fourth-order valence-electron chi connectivity index (χ4n) is 0.813. The molecule has 0 bridgehead atoms. The second-order valence-corrected chi connectivity index (χ2v) is 4.17. The molecular formula is C7HBrCl2F4. The Hall–Kier alpha value is -0.000000000000000111. The fraction of sp³-hybridized carbons (Fsp3) is 0.143. The molecule has 0 unspecified atom stereocenters. The molecule has 0 saturated carbocycles. The second kappa shape index (κ2) is 4.24. The molecule has 1 rings (SSSR count). The highest BCUT2D eigenvalue weighted by Crippen LogP contribution is 2.35. The van der Waals surface area contributed by atoms with Crippen molar-refractivity contribution in [3.8, 4) is 0 Å². The van der Waals surface area contributed by atoms with Crippen molar-refractivity contribution < 1.29 is 17.6 Å². The highest BCUT2D eigenvalue weighted by atomic mass is 79.9. The summed E-state index contributed by atoms with van der Waals surface area (Å²) in [6.45, 7) is 0. The van der Waals surface area contributed by atoms with Crippen LogP contribution in [0.2, 0.25) is 0 Å². The largest absolute Gasteiger partial charge is 0.203 e. The van der Waals surface area contributed by atoms with E-state index < -0.39 is 38.1 Å². The van der Waals surface area contributed by atoms with Gasteiger partial charge in [-0.3, -0.25) is 0 Å². The Morgan fingerprint density at radius 2 is 1.21 bits per heavy atom. The van der Waals surface area contributed by atoms with E-state index in [1.807, 2.05) is 0 Å². The lowest BCUT2D eigenvalue weighted by molar-refractivity contribution is 0.436. The Morgan fingerprint density at radius 3 is 1.50 bits per heavy atom. The van der Waals surface area contributed by atoms with Crippen LogP contribution in [-0.4, -0.2) is 0 Å². The molecule has 7 heteroatoms. The van der Waals surface area contributed by atoms with E-state index in [0.717, 1.165) is 0 Å². The first kappa shape index (κ1) is 12.1. The Balaban J connectivity index is 3.60. The molecule has 0 nitrogen and oxygen atoms in total. The van der Waals surface area contributed by atoms with Gasteiger partial charge < -0.3 is 0 Å². The van der Waals surface area contributed by atoms with E-state index in [4.69, 9.17) is 23.2 Å². The summed E-state index contributed by atoms with van der Waals surface area (Å²) in [5.41, 5.74) is -1.04. The van der Waals surface area contributed by atoms with Gasteiger partial charge in [0.2, 0.25) is 0 Å². The van der Waals surface area contributed by atoms with Gasteiger partial charge >= 0.3 is 0 Å². The van der Waals surface area contributed by atoms with Gasteiger partial charge in [-0.2, -0.15) is 0 Å². The molecule has 0 atom stereocenters. The van der Waals surface area contributed by atoms with Gasteiger partial charge in [0.1, 0.15) is 4.84 Å². The Labute approximate surface area is 94.9 Å². The van der Waals surface area contributed by atoms with E-state index >= 15 is 0 Å².